The number of ether oxygens (including phenoxy) is 1. The smallest absolute Gasteiger partial charge is 0.330 e. The number of hydrogen-bond acceptors (Lipinski definition) is 2. The van der Waals surface area contributed by atoms with Crippen molar-refractivity contribution in [2.75, 3.05) is 6.61 Å². The van der Waals surface area contributed by atoms with Crippen LogP contribution in [0.5, 0.6) is 0 Å². The van der Waals surface area contributed by atoms with Gasteiger partial charge in [-0.05, 0) is 26.2 Å². The first-order valence-electron chi connectivity index (χ1n) is 7.71. The molecule has 0 bridgehead atoms. The lowest BCUT2D eigenvalue weighted by molar-refractivity contribution is -0.137. The summed E-state index contributed by atoms with van der Waals surface area (Å²) in [5, 5.41) is 0. The van der Waals surface area contributed by atoms with Crippen LogP contribution in [0.15, 0.2) is 24.8 Å². The molecule has 0 radical (unpaired) electrons. The number of unbranched alkanes of at least 4 members (excludes halogenated alkanes) is 9. The summed E-state index contributed by atoms with van der Waals surface area (Å²) >= 11 is 0. The van der Waals surface area contributed by atoms with Crippen LogP contribution >= 0.6 is 0 Å². The molecule has 0 aromatic heterocycles. The zero-order chi connectivity index (χ0) is 14.2. The van der Waals surface area contributed by atoms with Crippen molar-refractivity contribution >= 4 is 5.97 Å². The van der Waals surface area contributed by atoms with E-state index in [1.54, 1.807) is 0 Å². The second kappa shape index (κ2) is 15.0. The molecule has 2 heteroatoms. The second-order valence-corrected chi connectivity index (χ2v) is 4.91. The highest BCUT2D eigenvalue weighted by atomic mass is 16.5. The van der Waals surface area contributed by atoms with Crippen LogP contribution in [0.25, 0.3) is 0 Å². The van der Waals surface area contributed by atoms with Crippen LogP contribution in [-0.4, -0.2) is 12.6 Å². The van der Waals surface area contributed by atoms with E-state index in [0.717, 1.165) is 12.8 Å². The van der Waals surface area contributed by atoms with Gasteiger partial charge in [0.25, 0.3) is 0 Å². The van der Waals surface area contributed by atoms with E-state index in [-0.39, 0.29) is 5.97 Å². The average Bonchev–Trinajstić information content (AvgIpc) is 2.43. The molecule has 0 N–H and O–H groups in total. The van der Waals surface area contributed by atoms with E-state index in [0.29, 0.717) is 6.61 Å². The van der Waals surface area contributed by atoms with Gasteiger partial charge in [0.1, 0.15) is 0 Å². The van der Waals surface area contributed by atoms with Crippen LogP contribution in [0.4, 0.5) is 0 Å². The standard InChI is InChI=1S/C17H30O2/c1-3-5-6-7-8-9-10-11-12-13-14-15-16-19-17(18)4-2/h3-5H,2,6-16H2,1H3/b5-3+. The number of hydrogen-bond donors (Lipinski definition) is 0. The number of carbonyl (C=O) groups is 1. The topological polar surface area (TPSA) is 26.3 Å². The molecule has 0 aliphatic rings. The van der Waals surface area contributed by atoms with Crippen molar-refractivity contribution in [1.29, 1.82) is 0 Å². The van der Waals surface area contributed by atoms with E-state index in [2.05, 4.69) is 25.7 Å². The largest absolute Gasteiger partial charge is 0.463 e. The van der Waals surface area contributed by atoms with Gasteiger partial charge >= 0.3 is 5.97 Å². The molecule has 0 spiro atoms. The van der Waals surface area contributed by atoms with Crippen molar-refractivity contribution in [3.8, 4) is 0 Å². The van der Waals surface area contributed by atoms with Crippen molar-refractivity contribution in [1.82, 2.24) is 0 Å². The molecule has 0 aromatic carbocycles. The first-order chi connectivity index (χ1) is 9.31. The lowest BCUT2D eigenvalue weighted by Crippen LogP contribution is -2.01. The summed E-state index contributed by atoms with van der Waals surface area (Å²) in [7, 11) is 0. The van der Waals surface area contributed by atoms with E-state index in [4.69, 9.17) is 4.74 Å². The maximum Gasteiger partial charge on any atom is 0.330 e. The van der Waals surface area contributed by atoms with Crippen LogP contribution in [0.3, 0.4) is 0 Å². The van der Waals surface area contributed by atoms with Gasteiger partial charge in [-0.1, -0.05) is 63.7 Å². The predicted octanol–water partition coefficient (Wildman–Crippen LogP) is 5.19. The normalized spacial score (nSPS) is 10.8. The molecule has 0 fully saturated rings. The number of allylic oxidation sites excluding steroid dienone is 2. The van der Waals surface area contributed by atoms with Crippen molar-refractivity contribution in [2.45, 2.75) is 71.1 Å². The molecule has 0 saturated carbocycles. The molecule has 19 heavy (non-hydrogen) atoms. The van der Waals surface area contributed by atoms with Gasteiger partial charge < -0.3 is 4.74 Å². The third-order valence-corrected chi connectivity index (χ3v) is 3.16. The van der Waals surface area contributed by atoms with Crippen molar-refractivity contribution in [3.63, 3.8) is 0 Å². The van der Waals surface area contributed by atoms with Gasteiger partial charge in [0.15, 0.2) is 0 Å². The quantitative estimate of drug-likeness (QED) is 0.198. The maximum atomic E-state index is 10.8. The third-order valence-electron chi connectivity index (χ3n) is 3.16. The summed E-state index contributed by atoms with van der Waals surface area (Å²) in [6.45, 7) is 5.98. The van der Waals surface area contributed by atoms with Crippen LogP contribution in [-0.2, 0) is 9.53 Å². The Labute approximate surface area is 118 Å². The van der Waals surface area contributed by atoms with E-state index in [1.165, 1.54) is 57.4 Å². The highest BCUT2D eigenvalue weighted by Gasteiger charge is 1.95. The summed E-state index contributed by atoms with van der Waals surface area (Å²) in [6, 6.07) is 0. The van der Waals surface area contributed by atoms with Gasteiger partial charge in [-0.2, -0.15) is 0 Å². The zero-order valence-corrected chi connectivity index (χ0v) is 12.5. The predicted molar refractivity (Wildman–Crippen MR) is 82.1 cm³/mol. The maximum absolute atomic E-state index is 10.8. The van der Waals surface area contributed by atoms with Crippen molar-refractivity contribution < 1.29 is 9.53 Å². The van der Waals surface area contributed by atoms with Gasteiger partial charge in [0, 0.05) is 6.08 Å². The van der Waals surface area contributed by atoms with Crippen molar-refractivity contribution in [2.24, 2.45) is 0 Å². The Morgan fingerprint density at radius 2 is 1.47 bits per heavy atom. The molecule has 0 amide bonds. The minimum absolute atomic E-state index is 0.307. The van der Waals surface area contributed by atoms with Crippen LogP contribution in [0, 0.1) is 0 Å². The second-order valence-electron chi connectivity index (χ2n) is 4.91. The minimum Gasteiger partial charge on any atom is -0.463 e. The summed E-state index contributed by atoms with van der Waals surface area (Å²) in [4.78, 5) is 10.8. The van der Waals surface area contributed by atoms with E-state index in [9.17, 15) is 4.79 Å². The fourth-order valence-corrected chi connectivity index (χ4v) is 2.00. The molecule has 0 unspecified atom stereocenters. The SMILES string of the molecule is C=CC(=O)OCCCCCCCCCCC/C=C/C. The molecule has 0 atom stereocenters. The summed E-state index contributed by atoms with van der Waals surface area (Å²) in [6.07, 6.45) is 18.3. The van der Waals surface area contributed by atoms with Gasteiger partial charge in [0.05, 0.1) is 6.61 Å². The van der Waals surface area contributed by atoms with Crippen LogP contribution < -0.4 is 0 Å². The van der Waals surface area contributed by atoms with Crippen molar-refractivity contribution in [3.05, 3.63) is 24.8 Å². The van der Waals surface area contributed by atoms with E-state index >= 15 is 0 Å². The third kappa shape index (κ3) is 14.9. The first kappa shape index (κ1) is 17.9. The Hall–Kier alpha value is -1.05. The highest BCUT2D eigenvalue weighted by Crippen LogP contribution is 2.10. The zero-order valence-electron chi connectivity index (χ0n) is 12.5. The average molecular weight is 266 g/mol. The van der Waals surface area contributed by atoms with Gasteiger partial charge in [0.2, 0.25) is 0 Å². The number of carbonyl (C=O) groups excluding carboxylic acids is 1. The first-order valence-corrected chi connectivity index (χ1v) is 7.71. The monoisotopic (exact) mass is 266 g/mol. The lowest BCUT2D eigenvalue weighted by atomic mass is 10.1. The molecule has 0 aromatic rings. The molecule has 0 aliphatic heterocycles. The summed E-state index contributed by atoms with van der Waals surface area (Å²) in [5.41, 5.74) is 0. The summed E-state index contributed by atoms with van der Waals surface area (Å²) in [5.74, 6) is -0.307. The molecule has 0 aliphatic carbocycles. The molecule has 2 nitrogen and oxygen atoms in total. The Bertz CT molecular complexity index is 244. The highest BCUT2D eigenvalue weighted by molar-refractivity contribution is 5.81. The Balaban J connectivity index is 3.02. The molecule has 0 saturated heterocycles. The molecule has 110 valence electrons. The Kier molecular flexibility index (Phi) is 14.2. The van der Waals surface area contributed by atoms with Crippen LogP contribution in [0.2, 0.25) is 0 Å². The van der Waals surface area contributed by atoms with E-state index in [1.807, 2.05) is 0 Å². The lowest BCUT2D eigenvalue weighted by Gasteiger charge is -2.03. The number of esters is 1. The molecule has 0 rings (SSSR count). The van der Waals surface area contributed by atoms with E-state index < -0.39 is 0 Å². The molecule has 0 heterocycles. The Morgan fingerprint density at radius 3 is 2.00 bits per heavy atom. The minimum atomic E-state index is -0.307. The van der Waals surface area contributed by atoms with Gasteiger partial charge in [-0.15, -0.1) is 0 Å². The molecular weight excluding hydrogens is 236 g/mol. The summed E-state index contributed by atoms with van der Waals surface area (Å²) < 4.78 is 4.92. The fourth-order valence-electron chi connectivity index (χ4n) is 2.00. The van der Waals surface area contributed by atoms with Gasteiger partial charge in [-0.25, -0.2) is 4.79 Å². The van der Waals surface area contributed by atoms with Crippen LogP contribution in [0.1, 0.15) is 71.1 Å². The Morgan fingerprint density at radius 1 is 0.947 bits per heavy atom. The molecular formula is C17H30O2. The van der Waals surface area contributed by atoms with Gasteiger partial charge in [-0.3, -0.25) is 0 Å². The number of rotatable bonds is 13. The fraction of sp³-hybridized carbons (Fsp3) is 0.706.